The molecule has 0 saturated carbocycles. The van der Waals surface area contributed by atoms with Gasteiger partial charge in [-0.15, -0.1) is 24.0 Å². The van der Waals surface area contributed by atoms with E-state index in [1.54, 1.807) is 7.05 Å². The minimum absolute atomic E-state index is 0. The Kier molecular flexibility index (Phi) is 14.8. The lowest BCUT2D eigenvalue weighted by Crippen LogP contribution is -2.45. The standard InChI is InChI=1S/C17H36N4O3S.HI/c1-16(2)8-6-4-5-7-9-19-17(18-3)20-10-15-25(22,23)21-11-13-24-14-12-21;/h16H,4-15H2,1-3H3,(H2,18,19,20);1H. The van der Waals surface area contributed by atoms with Crippen molar-refractivity contribution in [2.45, 2.75) is 46.0 Å². The number of sulfonamides is 1. The summed E-state index contributed by atoms with van der Waals surface area (Å²) < 4.78 is 31.2. The first-order valence-corrected chi connectivity index (χ1v) is 11.1. The summed E-state index contributed by atoms with van der Waals surface area (Å²) in [7, 11) is -1.52. The van der Waals surface area contributed by atoms with Crippen molar-refractivity contribution in [2.24, 2.45) is 10.9 Å². The second-order valence-corrected chi connectivity index (χ2v) is 8.94. The van der Waals surface area contributed by atoms with E-state index < -0.39 is 10.0 Å². The number of nitrogens with one attached hydrogen (secondary N) is 2. The Morgan fingerprint density at radius 3 is 2.31 bits per heavy atom. The molecule has 0 aromatic rings. The number of aliphatic imine (C=N–C) groups is 1. The van der Waals surface area contributed by atoms with E-state index in [2.05, 4.69) is 29.5 Å². The molecule has 0 unspecified atom stereocenters. The molecule has 0 radical (unpaired) electrons. The highest BCUT2D eigenvalue weighted by atomic mass is 127. The number of morpholine rings is 1. The number of hydrogen-bond acceptors (Lipinski definition) is 4. The average Bonchev–Trinajstić information content (AvgIpc) is 2.59. The van der Waals surface area contributed by atoms with Gasteiger partial charge in [0.05, 0.1) is 19.0 Å². The third kappa shape index (κ3) is 11.6. The van der Waals surface area contributed by atoms with Gasteiger partial charge in [-0.05, 0) is 12.3 Å². The molecule has 0 atom stereocenters. The van der Waals surface area contributed by atoms with Gasteiger partial charge in [-0.1, -0.05) is 39.5 Å². The highest BCUT2D eigenvalue weighted by Gasteiger charge is 2.23. The molecule has 0 aromatic heterocycles. The van der Waals surface area contributed by atoms with Gasteiger partial charge in [-0.2, -0.15) is 4.31 Å². The molecular weight excluding hydrogens is 467 g/mol. The zero-order chi connectivity index (χ0) is 18.5. The molecule has 7 nitrogen and oxygen atoms in total. The Hall–Kier alpha value is -0.130. The van der Waals surface area contributed by atoms with Crippen LogP contribution in [0.4, 0.5) is 0 Å². The maximum absolute atomic E-state index is 12.2. The molecule has 1 heterocycles. The van der Waals surface area contributed by atoms with Crippen molar-refractivity contribution in [3.63, 3.8) is 0 Å². The molecule has 0 bridgehead atoms. The number of nitrogens with zero attached hydrogens (tertiary/aromatic N) is 2. The van der Waals surface area contributed by atoms with E-state index in [1.165, 1.54) is 30.0 Å². The summed E-state index contributed by atoms with van der Waals surface area (Å²) >= 11 is 0. The van der Waals surface area contributed by atoms with Crippen LogP contribution in [0.1, 0.15) is 46.0 Å². The predicted molar refractivity (Wildman–Crippen MR) is 119 cm³/mol. The summed E-state index contributed by atoms with van der Waals surface area (Å²) in [5.41, 5.74) is 0. The van der Waals surface area contributed by atoms with E-state index in [0.717, 1.165) is 18.9 Å². The summed E-state index contributed by atoms with van der Waals surface area (Å²) in [4.78, 5) is 4.14. The van der Waals surface area contributed by atoms with Crippen molar-refractivity contribution in [2.75, 3.05) is 52.2 Å². The molecule has 1 saturated heterocycles. The molecule has 0 aromatic carbocycles. The zero-order valence-corrected chi connectivity index (χ0v) is 19.6. The smallest absolute Gasteiger partial charge is 0.215 e. The van der Waals surface area contributed by atoms with Crippen LogP contribution in [0.2, 0.25) is 0 Å². The van der Waals surface area contributed by atoms with E-state index in [4.69, 9.17) is 4.74 Å². The van der Waals surface area contributed by atoms with Gasteiger partial charge in [0.1, 0.15) is 0 Å². The van der Waals surface area contributed by atoms with E-state index in [0.29, 0.717) is 38.8 Å². The van der Waals surface area contributed by atoms with Crippen LogP contribution in [0, 0.1) is 5.92 Å². The molecule has 0 amide bonds. The molecule has 0 spiro atoms. The largest absolute Gasteiger partial charge is 0.379 e. The van der Waals surface area contributed by atoms with Crippen molar-refractivity contribution in [1.82, 2.24) is 14.9 Å². The topological polar surface area (TPSA) is 83.0 Å². The van der Waals surface area contributed by atoms with Gasteiger partial charge in [0, 0.05) is 33.2 Å². The van der Waals surface area contributed by atoms with Gasteiger partial charge in [0.15, 0.2) is 5.96 Å². The highest BCUT2D eigenvalue weighted by Crippen LogP contribution is 2.09. The maximum atomic E-state index is 12.2. The maximum Gasteiger partial charge on any atom is 0.215 e. The van der Waals surface area contributed by atoms with Crippen molar-refractivity contribution >= 4 is 40.0 Å². The van der Waals surface area contributed by atoms with Gasteiger partial charge in [-0.25, -0.2) is 8.42 Å². The summed E-state index contributed by atoms with van der Waals surface area (Å²) in [6.45, 7) is 7.59. The second kappa shape index (κ2) is 14.9. The van der Waals surface area contributed by atoms with Crippen molar-refractivity contribution in [3.05, 3.63) is 0 Å². The van der Waals surface area contributed by atoms with Gasteiger partial charge in [0.25, 0.3) is 0 Å². The molecule has 1 fully saturated rings. The summed E-state index contributed by atoms with van der Waals surface area (Å²) in [5.74, 6) is 1.53. The molecule has 1 aliphatic heterocycles. The average molecular weight is 504 g/mol. The van der Waals surface area contributed by atoms with Crippen LogP contribution in [0.15, 0.2) is 4.99 Å². The van der Waals surface area contributed by atoms with Gasteiger partial charge < -0.3 is 15.4 Å². The van der Waals surface area contributed by atoms with Gasteiger partial charge >= 0.3 is 0 Å². The zero-order valence-electron chi connectivity index (χ0n) is 16.5. The Labute approximate surface area is 176 Å². The van der Waals surface area contributed by atoms with Gasteiger partial charge in [0.2, 0.25) is 10.0 Å². The lowest BCUT2D eigenvalue weighted by Gasteiger charge is -2.26. The quantitative estimate of drug-likeness (QED) is 0.195. The molecule has 26 heavy (non-hydrogen) atoms. The number of halogens is 1. The van der Waals surface area contributed by atoms with Crippen LogP contribution in [0.25, 0.3) is 0 Å². The van der Waals surface area contributed by atoms with Crippen LogP contribution in [0.5, 0.6) is 0 Å². The fourth-order valence-corrected chi connectivity index (χ4v) is 4.03. The number of guanidine groups is 1. The Bertz CT molecular complexity index is 480. The molecule has 1 aliphatic rings. The Morgan fingerprint density at radius 1 is 1.08 bits per heavy atom. The number of hydrogen-bond donors (Lipinski definition) is 2. The van der Waals surface area contributed by atoms with Crippen LogP contribution >= 0.6 is 24.0 Å². The fraction of sp³-hybridized carbons (Fsp3) is 0.941. The lowest BCUT2D eigenvalue weighted by molar-refractivity contribution is 0.0730. The number of unbranched alkanes of at least 4 members (excludes halogenated alkanes) is 3. The lowest BCUT2D eigenvalue weighted by atomic mass is 10.0. The highest BCUT2D eigenvalue weighted by molar-refractivity contribution is 14.0. The van der Waals surface area contributed by atoms with Gasteiger partial charge in [-0.3, -0.25) is 4.99 Å². The fourth-order valence-electron chi connectivity index (χ4n) is 2.71. The van der Waals surface area contributed by atoms with Crippen molar-refractivity contribution in [3.8, 4) is 0 Å². The first kappa shape index (κ1) is 25.9. The van der Waals surface area contributed by atoms with E-state index in [9.17, 15) is 8.42 Å². The van der Waals surface area contributed by atoms with E-state index in [1.807, 2.05) is 0 Å². The van der Waals surface area contributed by atoms with E-state index >= 15 is 0 Å². The normalized spacial score (nSPS) is 16.4. The Morgan fingerprint density at radius 2 is 1.69 bits per heavy atom. The summed E-state index contributed by atoms with van der Waals surface area (Å²) in [6, 6.07) is 0. The van der Waals surface area contributed by atoms with Crippen molar-refractivity contribution in [1.29, 1.82) is 0 Å². The molecule has 0 aliphatic carbocycles. The minimum Gasteiger partial charge on any atom is -0.379 e. The second-order valence-electron chi connectivity index (χ2n) is 6.85. The number of rotatable bonds is 11. The van der Waals surface area contributed by atoms with Crippen LogP contribution in [-0.2, 0) is 14.8 Å². The predicted octanol–water partition coefficient (Wildman–Crippen LogP) is 2.04. The number of ether oxygens (including phenoxy) is 1. The molecular formula is C17H37IN4O3S. The summed E-state index contributed by atoms with van der Waals surface area (Å²) in [6.07, 6.45) is 6.18. The van der Waals surface area contributed by atoms with Crippen LogP contribution < -0.4 is 10.6 Å². The third-order valence-electron chi connectivity index (χ3n) is 4.24. The molecule has 1 rings (SSSR count). The van der Waals surface area contributed by atoms with E-state index in [-0.39, 0.29) is 29.7 Å². The van der Waals surface area contributed by atoms with Crippen molar-refractivity contribution < 1.29 is 13.2 Å². The van der Waals surface area contributed by atoms with Crippen LogP contribution in [0.3, 0.4) is 0 Å². The third-order valence-corrected chi connectivity index (χ3v) is 6.11. The SMILES string of the molecule is CN=C(NCCCCCCC(C)C)NCCS(=O)(=O)N1CCOCC1.I. The van der Waals surface area contributed by atoms with Crippen LogP contribution in [-0.4, -0.2) is 70.9 Å². The molecule has 156 valence electrons. The first-order valence-electron chi connectivity index (χ1n) is 9.46. The minimum atomic E-state index is -3.22. The first-order chi connectivity index (χ1) is 12.0. The monoisotopic (exact) mass is 504 g/mol. The molecule has 9 heteroatoms. The molecule has 2 N–H and O–H groups in total. The summed E-state index contributed by atoms with van der Waals surface area (Å²) in [5, 5.41) is 6.33. The Balaban J connectivity index is 0.00000625.